The highest BCUT2D eigenvalue weighted by atomic mass is 16.3. The number of benzene rings is 1. The Balaban J connectivity index is 2.13. The summed E-state index contributed by atoms with van der Waals surface area (Å²) in [5, 5.41) is 15.7. The third kappa shape index (κ3) is 5.20. The molecule has 1 aromatic rings. The number of nitrogens with one attached hydrogen (secondary N) is 2. The van der Waals surface area contributed by atoms with E-state index < -0.39 is 0 Å². The fraction of sp³-hybridized carbons (Fsp3) is 0.600. The van der Waals surface area contributed by atoms with E-state index in [2.05, 4.69) is 15.5 Å². The second kappa shape index (κ2) is 9.19. The Hall–Kier alpha value is -2.12. The predicted molar refractivity (Wildman–Crippen MR) is 107 cm³/mol. The van der Waals surface area contributed by atoms with Gasteiger partial charge in [-0.05, 0) is 58.5 Å². The van der Waals surface area contributed by atoms with E-state index in [0.717, 1.165) is 24.9 Å². The van der Waals surface area contributed by atoms with Crippen molar-refractivity contribution in [3.05, 3.63) is 29.3 Å². The fourth-order valence-corrected chi connectivity index (χ4v) is 3.83. The van der Waals surface area contributed by atoms with Crippen LogP contribution in [0.5, 0.6) is 0 Å². The van der Waals surface area contributed by atoms with Gasteiger partial charge in [0.05, 0.1) is 6.61 Å². The number of urea groups is 1. The quantitative estimate of drug-likeness (QED) is 0.708. The standard InChI is InChI=1S/C20H32N4O3/c1-5-21-18(26)16-8-6-9-17(15(16)2)22-19(27)24-11-7-10-20(13-24,14-25)12-23(3)4/h6,8-9,25H,5,7,10-14H2,1-4H3,(H,21,26)(H,22,27). The molecule has 7 nitrogen and oxygen atoms in total. The molecule has 0 spiro atoms. The largest absolute Gasteiger partial charge is 0.396 e. The lowest BCUT2D eigenvalue weighted by Gasteiger charge is -2.43. The van der Waals surface area contributed by atoms with Crippen molar-refractivity contribution in [3.63, 3.8) is 0 Å². The first-order valence-electron chi connectivity index (χ1n) is 9.51. The van der Waals surface area contributed by atoms with Crippen molar-refractivity contribution in [2.45, 2.75) is 26.7 Å². The number of nitrogens with zero attached hydrogens (tertiary/aromatic N) is 2. The van der Waals surface area contributed by atoms with Crippen LogP contribution in [0.3, 0.4) is 0 Å². The molecule has 2 rings (SSSR count). The van der Waals surface area contributed by atoms with Gasteiger partial charge in [0.2, 0.25) is 0 Å². The Morgan fingerprint density at radius 1 is 1.33 bits per heavy atom. The van der Waals surface area contributed by atoms with Crippen LogP contribution in [-0.4, -0.2) is 73.7 Å². The molecule has 3 amide bonds. The van der Waals surface area contributed by atoms with Crippen LogP contribution in [0.1, 0.15) is 35.7 Å². The molecule has 0 bridgehead atoms. The molecule has 3 N–H and O–H groups in total. The van der Waals surface area contributed by atoms with Gasteiger partial charge >= 0.3 is 6.03 Å². The van der Waals surface area contributed by atoms with Gasteiger partial charge in [0.15, 0.2) is 0 Å². The Morgan fingerprint density at radius 3 is 2.70 bits per heavy atom. The summed E-state index contributed by atoms with van der Waals surface area (Å²) in [6.07, 6.45) is 1.76. The summed E-state index contributed by atoms with van der Waals surface area (Å²) in [6, 6.07) is 5.14. The van der Waals surface area contributed by atoms with Crippen LogP contribution < -0.4 is 10.6 Å². The average molecular weight is 377 g/mol. The molecule has 1 aromatic carbocycles. The molecule has 1 fully saturated rings. The van der Waals surface area contributed by atoms with Gasteiger partial charge in [-0.15, -0.1) is 0 Å². The Labute approximate surface area is 161 Å². The smallest absolute Gasteiger partial charge is 0.321 e. The molecule has 1 heterocycles. The Morgan fingerprint density at radius 2 is 2.07 bits per heavy atom. The van der Waals surface area contributed by atoms with Crippen LogP contribution in [0, 0.1) is 12.3 Å². The van der Waals surface area contributed by atoms with Crippen molar-refractivity contribution in [2.75, 3.05) is 52.2 Å². The predicted octanol–water partition coefficient (Wildman–Crippen LogP) is 1.91. The van der Waals surface area contributed by atoms with Gasteiger partial charge < -0.3 is 25.5 Å². The van der Waals surface area contributed by atoms with Gasteiger partial charge in [0, 0.05) is 42.8 Å². The van der Waals surface area contributed by atoms with Crippen LogP contribution in [-0.2, 0) is 0 Å². The molecule has 1 aliphatic rings. The molecule has 0 aromatic heterocycles. The molecule has 150 valence electrons. The first kappa shape index (κ1) is 21.2. The van der Waals surface area contributed by atoms with E-state index in [1.54, 1.807) is 23.1 Å². The number of anilines is 1. The second-order valence-corrected chi connectivity index (χ2v) is 7.69. The minimum absolute atomic E-state index is 0.0562. The summed E-state index contributed by atoms with van der Waals surface area (Å²) >= 11 is 0. The molecule has 0 radical (unpaired) electrons. The highest BCUT2D eigenvalue weighted by molar-refractivity contribution is 5.99. The number of carbonyl (C=O) groups is 2. The monoisotopic (exact) mass is 376 g/mol. The summed E-state index contributed by atoms with van der Waals surface area (Å²) < 4.78 is 0. The molecule has 1 atom stereocenters. The zero-order valence-electron chi connectivity index (χ0n) is 16.8. The number of piperidine rings is 1. The molecule has 27 heavy (non-hydrogen) atoms. The zero-order valence-corrected chi connectivity index (χ0v) is 16.8. The van der Waals surface area contributed by atoms with Crippen molar-refractivity contribution < 1.29 is 14.7 Å². The lowest BCUT2D eigenvalue weighted by atomic mass is 9.80. The van der Waals surface area contributed by atoms with E-state index >= 15 is 0 Å². The number of amides is 3. The second-order valence-electron chi connectivity index (χ2n) is 7.69. The summed E-state index contributed by atoms with van der Waals surface area (Å²) in [4.78, 5) is 28.8. The molecular formula is C20H32N4O3. The van der Waals surface area contributed by atoms with Crippen molar-refractivity contribution in [1.29, 1.82) is 0 Å². The number of likely N-dealkylation sites (tertiary alicyclic amines) is 1. The van der Waals surface area contributed by atoms with Crippen LogP contribution in [0.2, 0.25) is 0 Å². The van der Waals surface area contributed by atoms with Crippen molar-refractivity contribution in [3.8, 4) is 0 Å². The summed E-state index contributed by atoms with van der Waals surface area (Å²) in [7, 11) is 3.96. The maximum Gasteiger partial charge on any atom is 0.321 e. The summed E-state index contributed by atoms with van der Waals surface area (Å²) in [5.41, 5.74) is 1.65. The van der Waals surface area contributed by atoms with Crippen molar-refractivity contribution >= 4 is 17.6 Å². The van der Waals surface area contributed by atoms with Gasteiger partial charge in [-0.1, -0.05) is 6.07 Å². The number of carbonyl (C=O) groups excluding carboxylic acids is 2. The van der Waals surface area contributed by atoms with Gasteiger partial charge in [-0.2, -0.15) is 0 Å². The van der Waals surface area contributed by atoms with Crippen LogP contribution >= 0.6 is 0 Å². The minimum atomic E-state index is -0.295. The zero-order chi connectivity index (χ0) is 20.0. The minimum Gasteiger partial charge on any atom is -0.396 e. The molecule has 1 unspecified atom stereocenters. The lowest BCUT2D eigenvalue weighted by Crippen LogP contribution is -2.52. The summed E-state index contributed by atoms with van der Waals surface area (Å²) in [6.45, 7) is 6.23. The van der Waals surface area contributed by atoms with E-state index in [4.69, 9.17) is 0 Å². The van der Waals surface area contributed by atoms with Gasteiger partial charge in [-0.25, -0.2) is 4.79 Å². The van der Waals surface area contributed by atoms with E-state index in [9.17, 15) is 14.7 Å². The highest BCUT2D eigenvalue weighted by Crippen LogP contribution is 2.31. The molecule has 1 saturated heterocycles. The van der Waals surface area contributed by atoms with Gasteiger partial charge in [0.1, 0.15) is 0 Å². The normalized spacial score (nSPS) is 19.9. The van der Waals surface area contributed by atoms with Gasteiger partial charge in [-0.3, -0.25) is 4.79 Å². The third-order valence-electron chi connectivity index (χ3n) is 5.09. The van der Waals surface area contributed by atoms with Crippen LogP contribution in [0.4, 0.5) is 10.5 Å². The first-order valence-corrected chi connectivity index (χ1v) is 9.51. The lowest BCUT2D eigenvalue weighted by molar-refractivity contribution is 0.0294. The Bertz CT molecular complexity index is 677. The number of aliphatic hydroxyl groups is 1. The average Bonchev–Trinajstić information content (AvgIpc) is 2.63. The number of hydrogen-bond acceptors (Lipinski definition) is 4. The molecular weight excluding hydrogens is 344 g/mol. The topological polar surface area (TPSA) is 84.9 Å². The Kier molecular flexibility index (Phi) is 7.21. The van der Waals surface area contributed by atoms with E-state index in [1.807, 2.05) is 27.9 Å². The first-order chi connectivity index (χ1) is 12.8. The van der Waals surface area contributed by atoms with Crippen LogP contribution in [0.25, 0.3) is 0 Å². The van der Waals surface area contributed by atoms with E-state index in [-0.39, 0.29) is 24.0 Å². The SMILES string of the molecule is CCNC(=O)c1cccc(NC(=O)N2CCCC(CO)(CN(C)C)C2)c1C. The van der Waals surface area contributed by atoms with E-state index in [1.165, 1.54) is 0 Å². The fourth-order valence-electron chi connectivity index (χ4n) is 3.83. The highest BCUT2D eigenvalue weighted by Gasteiger charge is 2.37. The van der Waals surface area contributed by atoms with E-state index in [0.29, 0.717) is 30.9 Å². The number of hydrogen-bond donors (Lipinski definition) is 3. The maximum atomic E-state index is 12.8. The van der Waals surface area contributed by atoms with Crippen LogP contribution in [0.15, 0.2) is 18.2 Å². The maximum absolute atomic E-state index is 12.8. The third-order valence-corrected chi connectivity index (χ3v) is 5.09. The van der Waals surface area contributed by atoms with Gasteiger partial charge in [0.25, 0.3) is 5.91 Å². The molecule has 0 aliphatic carbocycles. The molecule has 1 aliphatic heterocycles. The molecule has 7 heteroatoms. The number of aliphatic hydroxyl groups excluding tert-OH is 1. The van der Waals surface area contributed by atoms with Crippen molar-refractivity contribution in [1.82, 2.24) is 15.1 Å². The molecule has 0 saturated carbocycles. The number of rotatable bonds is 6. The summed E-state index contributed by atoms with van der Waals surface area (Å²) in [5.74, 6) is -0.144. The van der Waals surface area contributed by atoms with Crippen molar-refractivity contribution in [2.24, 2.45) is 5.41 Å².